The topological polar surface area (TPSA) is 52.6 Å². The van der Waals surface area contributed by atoms with Crippen LogP contribution >= 0.6 is 0 Å². The Kier molecular flexibility index (Phi) is 68.9. The Balaban J connectivity index is 0. The Hall–Kier alpha value is -1.06. The highest BCUT2D eigenvalue weighted by Crippen LogP contribution is 2.18. The minimum Gasteiger partial charge on any atom is -0.466 e. The molecule has 0 N–H and O–H groups in total. The molecule has 0 spiro atoms. The lowest BCUT2D eigenvalue weighted by Gasteiger charge is -2.06. The molecule has 0 aromatic rings. The predicted molar refractivity (Wildman–Crippen MR) is 312 cm³/mol. The van der Waals surface area contributed by atoms with Gasteiger partial charge >= 0.3 is 11.9 Å². The lowest BCUT2D eigenvalue weighted by Crippen LogP contribution is -2.05. The van der Waals surface area contributed by atoms with Gasteiger partial charge in [-0.05, 0) is 25.7 Å². The van der Waals surface area contributed by atoms with Gasteiger partial charge in [0.25, 0.3) is 0 Å². The van der Waals surface area contributed by atoms with Gasteiger partial charge < -0.3 is 9.47 Å². The summed E-state index contributed by atoms with van der Waals surface area (Å²) in [5.41, 5.74) is 0. The summed E-state index contributed by atoms with van der Waals surface area (Å²) in [4.78, 5) is 23.7. The van der Waals surface area contributed by atoms with Crippen LogP contribution in [0.5, 0.6) is 0 Å². The first kappa shape index (κ1) is 71.0. The molecule has 420 valence electrons. The van der Waals surface area contributed by atoms with E-state index in [0.29, 0.717) is 26.1 Å². The van der Waals surface area contributed by atoms with Gasteiger partial charge in [-0.15, -0.1) is 0 Å². The molecule has 0 saturated heterocycles. The number of esters is 2. The molecule has 0 fully saturated rings. The number of hydrogen-bond donors (Lipinski definition) is 0. The predicted octanol–water partition coefficient (Wildman–Crippen LogP) is 23.8. The van der Waals surface area contributed by atoms with Crippen LogP contribution in [0.3, 0.4) is 0 Å². The SMILES string of the molecule is CCCCCCCCCCCCCCCCCCCCCCCCOC(=O)CCCCCCCCCCCCC.CCCCCCCCCCCCCCOC(=O)CCCCCCCCCCCCC. The Labute approximate surface area is 442 Å². The summed E-state index contributed by atoms with van der Waals surface area (Å²) in [6.45, 7) is 10.4. The van der Waals surface area contributed by atoms with Crippen molar-refractivity contribution >= 4 is 11.9 Å². The summed E-state index contributed by atoms with van der Waals surface area (Å²) >= 11 is 0. The van der Waals surface area contributed by atoms with Crippen LogP contribution in [0.4, 0.5) is 0 Å². The zero-order valence-corrected chi connectivity index (χ0v) is 49.1. The van der Waals surface area contributed by atoms with Crippen LogP contribution in [0.25, 0.3) is 0 Å². The molecular formula is C66H132O4. The summed E-state index contributed by atoms with van der Waals surface area (Å²) in [5, 5.41) is 0. The number of rotatable bonds is 60. The van der Waals surface area contributed by atoms with E-state index in [0.717, 1.165) is 25.7 Å². The molecule has 0 radical (unpaired) electrons. The maximum Gasteiger partial charge on any atom is 0.305 e. The number of hydrogen-bond acceptors (Lipinski definition) is 4. The van der Waals surface area contributed by atoms with Gasteiger partial charge in [-0.25, -0.2) is 0 Å². The fraction of sp³-hybridized carbons (Fsp3) is 0.970. The van der Waals surface area contributed by atoms with E-state index in [1.165, 1.54) is 334 Å². The van der Waals surface area contributed by atoms with Crippen molar-refractivity contribution in [3.8, 4) is 0 Å². The van der Waals surface area contributed by atoms with Crippen LogP contribution in [0, 0.1) is 0 Å². The highest BCUT2D eigenvalue weighted by molar-refractivity contribution is 5.69. The average Bonchev–Trinajstić information content (AvgIpc) is 3.36. The molecule has 0 amide bonds. The molecule has 0 bridgehead atoms. The molecule has 0 aromatic heterocycles. The summed E-state index contributed by atoms with van der Waals surface area (Å²) in [6, 6.07) is 0. The number of unbranched alkanes of at least 4 members (excludes halogenated alkanes) is 52. The van der Waals surface area contributed by atoms with E-state index in [4.69, 9.17) is 9.47 Å². The molecule has 0 atom stereocenters. The Morgan fingerprint density at radius 3 is 0.471 bits per heavy atom. The second-order valence-electron chi connectivity index (χ2n) is 22.3. The lowest BCUT2D eigenvalue weighted by atomic mass is 10.0. The van der Waals surface area contributed by atoms with Crippen molar-refractivity contribution < 1.29 is 19.1 Å². The zero-order chi connectivity index (χ0) is 51.0. The molecule has 0 saturated carbocycles. The largest absolute Gasteiger partial charge is 0.466 e. The van der Waals surface area contributed by atoms with Gasteiger partial charge in [-0.3, -0.25) is 9.59 Å². The molecule has 0 aromatic carbocycles. The first-order chi connectivity index (χ1) is 34.6. The number of carbonyl (C=O) groups is 2. The molecule has 0 aliphatic carbocycles. The third-order valence-corrected chi connectivity index (χ3v) is 15.0. The van der Waals surface area contributed by atoms with E-state index < -0.39 is 0 Å². The lowest BCUT2D eigenvalue weighted by molar-refractivity contribution is -0.144. The Bertz CT molecular complexity index is 933. The maximum absolute atomic E-state index is 11.9. The van der Waals surface area contributed by atoms with Crippen LogP contribution in [0.2, 0.25) is 0 Å². The van der Waals surface area contributed by atoms with Crippen LogP contribution < -0.4 is 0 Å². The third kappa shape index (κ3) is 69.0. The summed E-state index contributed by atoms with van der Waals surface area (Å²) in [7, 11) is 0. The molecule has 0 rings (SSSR count). The van der Waals surface area contributed by atoms with Crippen molar-refractivity contribution in [3.05, 3.63) is 0 Å². The average molecular weight is 990 g/mol. The van der Waals surface area contributed by atoms with Crippen molar-refractivity contribution in [2.75, 3.05) is 13.2 Å². The van der Waals surface area contributed by atoms with E-state index in [2.05, 4.69) is 27.7 Å². The third-order valence-electron chi connectivity index (χ3n) is 15.0. The minimum atomic E-state index is 0.0222. The van der Waals surface area contributed by atoms with Gasteiger partial charge in [0.2, 0.25) is 0 Å². The summed E-state index contributed by atoms with van der Waals surface area (Å²) < 4.78 is 10.8. The van der Waals surface area contributed by atoms with Crippen LogP contribution in [0.15, 0.2) is 0 Å². The molecular weight excluding hydrogens is 857 g/mol. The van der Waals surface area contributed by atoms with Crippen molar-refractivity contribution in [1.82, 2.24) is 0 Å². The maximum atomic E-state index is 11.9. The number of carbonyl (C=O) groups excluding carboxylic acids is 2. The molecule has 0 heterocycles. The van der Waals surface area contributed by atoms with E-state index in [1.807, 2.05) is 0 Å². The van der Waals surface area contributed by atoms with Crippen molar-refractivity contribution in [1.29, 1.82) is 0 Å². The normalized spacial score (nSPS) is 11.3. The highest BCUT2D eigenvalue weighted by Gasteiger charge is 2.05. The quantitative estimate of drug-likeness (QED) is 0.0450. The van der Waals surface area contributed by atoms with E-state index in [1.54, 1.807) is 0 Å². The standard InChI is InChI=1S/C38H76O2.C28H56O2/c1-3-5-7-9-11-13-15-16-17-18-19-20-21-22-23-24-25-27-29-31-33-35-37-40-38(39)36-34-32-30-28-26-14-12-10-8-6-4-2;1-3-5-7-9-11-13-15-17-19-21-23-25-27-30-28(29)26-24-22-20-18-16-14-12-10-8-6-4-2/h3-37H2,1-2H3;3-27H2,1-2H3. The molecule has 4 heteroatoms. The van der Waals surface area contributed by atoms with E-state index >= 15 is 0 Å². The van der Waals surface area contributed by atoms with Crippen molar-refractivity contribution in [3.63, 3.8) is 0 Å². The van der Waals surface area contributed by atoms with Gasteiger partial charge in [-0.2, -0.15) is 0 Å². The second-order valence-corrected chi connectivity index (χ2v) is 22.3. The molecule has 70 heavy (non-hydrogen) atoms. The van der Waals surface area contributed by atoms with Crippen molar-refractivity contribution in [2.45, 2.75) is 400 Å². The smallest absolute Gasteiger partial charge is 0.305 e. The zero-order valence-electron chi connectivity index (χ0n) is 49.1. The minimum absolute atomic E-state index is 0.0222. The van der Waals surface area contributed by atoms with Gasteiger partial charge in [0.15, 0.2) is 0 Å². The first-order valence-electron chi connectivity index (χ1n) is 32.9. The molecule has 0 aliphatic heterocycles. The monoisotopic (exact) mass is 989 g/mol. The first-order valence-corrected chi connectivity index (χ1v) is 32.9. The molecule has 4 nitrogen and oxygen atoms in total. The highest BCUT2D eigenvalue weighted by atomic mass is 16.5. The summed E-state index contributed by atoms with van der Waals surface area (Å²) in [5.74, 6) is 0.0495. The van der Waals surface area contributed by atoms with Crippen LogP contribution in [0.1, 0.15) is 400 Å². The second kappa shape index (κ2) is 67.9. The fourth-order valence-corrected chi connectivity index (χ4v) is 10.0. The van der Waals surface area contributed by atoms with Gasteiger partial charge in [0.05, 0.1) is 13.2 Å². The van der Waals surface area contributed by atoms with Crippen molar-refractivity contribution in [2.24, 2.45) is 0 Å². The Morgan fingerprint density at radius 1 is 0.186 bits per heavy atom. The van der Waals surface area contributed by atoms with Gasteiger partial charge in [-0.1, -0.05) is 362 Å². The van der Waals surface area contributed by atoms with Gasteiger partial charge in [0, 0.05) is 12.8 Å². The molecule has 0 aliphatic rings. The van der Waals surface area contributed by atoms with Gasteiger partial charge in [0.1, 0.15) is 0 Å². The Morgan fingerprint density at radius 2 is 0.314 bits per heavy atom. The van der Waals surface area contributed by atoms with Crippen LogP contribution in [-0.2, 0) is 19.1 Å². The fourth-order valence-electron chi connectivity index (χ4n) is 10.0. The molecule has 0 unspecified atom stereocenters. The number of ether oxygens (including phenoxy) is 2. The summed E-state index contributed by atoms with van der Waals surface area (Å²) in [6.07, 6.45) is 77.4. The van der Waals surface area contributed by atoms with E-state index in [-0.39, 0.29) is 11.9 Å². The van der Waals surface area contributed by atoms with E-state index in [9.17, 15) is 9.59 Å². The van der Waals surface area contributed by atoms with Crippen LogP contribution in [-0.4, -0.2) is 25.2 Å².